The lowest BCUT2D eigenvalue weighted by atomic mass is 9.84. The molecule has 0 aromatic heterocycles. The van der Waals surface area contributed by atoms with Gasteiger partial charge in [-0.15, -0.1) is 0 Å². The molecule has 17 atom stereocenters. The van der Waals surface area contributed by atoms with Crippen molar-refractivity contribution in [1.82, 2.24) is 31.9 Å². The quantitative estimate of drug-likeness (QED) is 0.0836. The van der Waals surface area contributed by atoms with Crippen LogP contribution >= 0.6 is 23.2 Å². The number of rotatable bonds is 12. The number of hydrogen-bond donors (Lipinski definition) is 18. The zero-order valence-electron chi connectivity index (χ0n) is 55.8. The molecular formula is C72H71Cl2FN8O23. The first-order chi connectivity index (χ1) is 50.4. The van der Waals surface area contributed by atoms with E-state index in [2.05, 4.69) is 31.9 Å². The number of hydrogen-bond acceptors (Lipinski definition) is 24. The molecule has 558 valence electrons. The Kier molecular flexibility index (Phi) is 21.8. The number of ether oxygens (including phenoxy) is 6. The number of phenols is 3. The third kappa shape index (κ3) is 15.5. The number of aromatic hydroxyl groups is 3. The van der Waals surface area contributed by atoms with Gasteiger partial charge in [0.25, 0.3) is 0 Å². The molecule has 20 N–H and O–H groups in total. The summed E-state index contributed by atoms with van der Waals surface area (Å²) in [6.07, 6.45) is -18.6. The third-order valence-electron chi connectivity index (χ3n) is 18.9. The van der Waals surface area contributed by atoms with Gasteiger partial charge in [-0.25, -0.2) is 9.18 Å². The molecule has 106 heavy (non-hydrogen) atoms. The molecule has 0 spiro atoms. The van der Waals surface area contributed by atoms with Crippen molar-refractivity contribution in [2.24, 2.45) is 11.5 Å². The van der Waals surface area contributed by atoms with Crippen LogP contribution in [0, 0.1) is 5.82 Å². The van der Waals surface area contributed by atoms with E-state index in [9.17, 15) is 74.6 Å². The Morgan fingerprint density at radius 2 is 1.25 bits per heavy atom. The fourth-order valence-electron chi connectivity index (χ4n) is 13.2. The molecule has 11 bridgehead atoms. The number of amides is 6. The van der Waals surface area contributed by atoms with Gasteiger partial charge in [0.2, 0.25) is 47.5 Å². The number of carboxylic acid groups (broad SMARTS) is 1. The van der Waals surface area contributed by atoms with Gasteiger partial charge in [-0.05, 0) is 120 Å². The Labute approximate surface area is 610 Å². The molecule has 7 heterocycles. The zero-order chi connectivity index (χ0) is 76.1. The highest BCUT2D eigenvalue weighted by atomic mass is 35.5. The highest BCUT2D eigenvalue weighted by Gasteiger charge is 2.52. The van der Waals surface area contributed by atoms with Crippen molar-refractivity contribution >= 4 is 64.6 Å². The molecule has 7 aromatic carbocycles. The summed E-state index contributed by atoms with van der Waals surface area (Å²) >= 11 is 14.0. The minimum Gasteiger partial charge on any atom is -0.508 e. The number of halogens is 3. The Morgan fingerprint density at radius 1 is 0.660 bits per heavy atom. The number of aliphatic carboxylic acids is 1. The van der Waals surface area contributed by atoms with Crippen molar-refractivity contribution in [3.05, 3.63) is 177 Å². The number of nitrogens with one attached hydrogen (secondary N) is 6. The first-order valence-electron chi connectivity index (χ1n) is 32.9. The Morgan fingerprint density at radius 3 is 1.87 bits per heavy atom. The van der Waals surface area contributed by atoms with Crippen LogP contribution in [0.2, 0.25) is 10.0 Å². The molecule has 0 radical (unpaired) electrons. The molecule has 7 aromatic rings. The van der Waals surface area contributed by atoms with Crippen LogP contribution in [-0.2, 0) is 54.3 Å². The van der Waals surface area contributed by atoms with Crippen molar-refractivity contribution < 1.29 is 117 Å². The Balaban J connectivity index is 1.02. The monoisotopic (exact) mass is 1500 g/mol. The van der Waals surface area contributed by atoms with Crippen molar-refractivity contribution in [2.45, 2.75) is 136 Å². The SMILES string of the molecule is C[C@@H]1O[C@@H](O[C@H]2[C@H](Oc3c4cc5cc3Oc3ccc(cc3Cl)[C@@H](O)[C@@H](N)C(=O)N[C@@H](CC(N)=O)C(=O)N[C@H]5C(=O)N[C@H]3C(=O)N[C@H](C(=O)NC(C(=O)O)c5cc(O)cc(O)c5-c5cc3ccc5O)[C@H](O)c3ccc(c(Cl)c3)O4)O[C@H](CO)[C@@H](O)[C@@H]2O)C[C@](C)(NCc2ccc(-c3ccc(F)cc3)cc2)[C@@H]1O. The van der Waals surface area contributed by atoms with Gasteiger partial charge >= 0.3 is 5.97 Å². The fraction of sp³-hybridized carbons (Fsp3) is 0.319. The molecule has 34 heteroatoms. The predicted octanol–water partition coefficient (Wildman–Crippen LogP) is 2.95. The molecule has 0 aliphatic carbocycles. The van der Waals surface area contributed by atoms with Crippen LogP contribution in [0.1, 0.15) is 90.4 Å². The van der Waals surface area contributed by atoms with E-state index in [1.54, 1.807) is 26.0 Å². The number of benzene rings is 7. The molecule has 1 unspecified atom stereocenters. The number of primary amides is 1. The van der Waals surface area contributed by atoms with Crippen LogP contribution in [0.3, 0.4) is 0 Å². The van der Waals surface area contributed by atoms with Crippen LogP contribution < -0.4 is 57.6 Å². The maximum absolute atomic E-state index is 15.9. The highest BCUT2D eigenvalue weighted by Crippen LogP contribution is 2.50. The number of nitrogens with two attached hydrogens (primary N) is 2. The summed E-state index contributed by atoms with van der Waals surface area (Å²) in [5.41, 5.74) is 10.3. The summed E-state index contributed by atoms with van der Waals surface area (Å²) < 4.78 is 52.8. The van der Waals surface area contributed by atoms with E-state index < -0.39 is 225 Å². The van der Waals surface area contributed by atoms with Gasteiger partial charge in [0.05, 0.1) is 35.3 Å². The topological polar surface area (TPSA) is 501 Å². The Hall–Kier alpha value is -10.3. The van der Waals surface area contributed by atoms with Gasteiger partial charge in [0.15, 0.2) is 29.9 Å². The largest absolute Gasteiger partial charge is 0.508 e. The summed E-state index contributed by atoms with van der Waals surface area (Å²) in [5, 5.41) is 129. The molecule has 2 fully saturated rings. The van der Waals surface area contributed by atoms with E-state index in [1.165, 1.54) is 24.3 Å². The van der Waals surface area contributed by atoms with E-state index in [0.29, 0.717) is 0 Å². The van der Waals surface area contributed by atoms with Crippen LogP contribution in [0.4, 0.5) is 4.39 Å². The normalized spacial score (nSPS) is 28.2. The van der Waals surface area contributed by atoms with E-state index in [-0.39, 0.29) is 46.2 Å². The standard InChI is InChI=1S/C72H71Cl2FN8O23/c1-28-64(93)72(2,78-26-29-3-5-30(6-4-29)31-7-12-36(75)13-8-31)25-51(101-28)105-63-61(92)60(91)49(27-84)104-71(63)106-62-47-20-35-21-48(62)103-46-16-11-34(19-41(46)74)59(90)57-69(98)82-56(70(99)100)39-22-37(85)23-44(87)52(39)38-17-32(9-14-43(38)86)54(67(96)83-57)81-68(97)55(35)80-65(94)42(24-50(76)88)79-66(95)53(77)58(89)33-10-15-45(102-47)40(73)18-33/h3-23,28,42,49,51,53-61,63-64,71,78,84-87,89-93H,24-27,77H2,1-2H3,(H2,76,88)(H,79,95)(H,80,94)(H,81,97)(H,82,98)(H,83,96)(H,99,100)/t28-,42-,49+,51-,53+,54+,55+,56?,57-,58+,59+,60+,61-,63+,64+,71-,72-/m0/s1. The number of fused-ring (bicyclic) bond motifs is 15. The summed E-state index contributed by atoms with van der Waals surface area (Å²) in [4.78, 5) is 101. The van der Waals surface area contributed by atoms with Gasteiger partial charge < -0.3 is 123 Å². The molecule has 0 saturated carbocycles. The van der Waals surface area contributed by atoms with Gasteiger partial charge in [0.1, 0.15) is 95.3 Å². The van der Waals surface area contributed by atoms with Gasteiger partial charge in [-0.1, -0.05) is 77.8 Å². The van der Waals surface area contributed by atoms with Crippen LogP contribution in [0.25, 0.3) is 22.3 Å². The number of phenolic OH excluding ortho intramolecular Hbond substituents is 3. The minimum absolute atomic E-state index is 0.105. The summed E-state index contributed by atoms with van der Waals surface area (Å²) in [6.45, 7) is 2.46. The molecule has 7 aliphatic rings. The molecule has 14 rings (SSSR count). The maximum atomic E-state index is 15.9. The summed E-state index contributed by atoms with van der Waals surface area (Å²) in [6, 6.07) is 14.0. The predicted molar refractivity (Wildman–Crippen MR) is 368 cm³/mol. The van der Waals surface area contributed by atoms with E-state index in [0.717, 1.165) is 83.4 Å². The lowest BCUT2D eigenvalue weighted by molar-refractivity contribution is -0.334. The summed E-state index contributed by atoms with van der Waals surface area (Å²) in [7, 11) is 0. The summed E-state index contributed by atoms with van der Waals surface area (Å²) in [5.74, 6) is -15.2. The molecular weight excluding hydrogens is 1430 g/mol. The average Bonchev–Trinajstić information content (AvgIpc) is 0.768. The second-order valence-corrected chi connectivity index (χ2v) is 27.1. The van der Waals surface area contributed by atoms with Crippen LogP contribution in [0.5, 0.6) is 46.0 Å². The van der Waals surface area contributed by atoms with E-state index in [4.69, 9.17) is 63.1 Å². The lowest BCUT2D eigenvalue weighted by Crippen LogP contribution is -2.65. The number of aliphatic hydroxyl groups is 6. The molecule has 7 aliphatic heterocycles. The van der Waals surface area contributed by atoms with Crippen molar-refractivity contribution in [2.75, 3.05) is 6.61 Å². The number of carboxylic acids is 1. The lowest BCUT2D eigenvalue weighted by Gasteiger charge is -2.48. The Bertz CT molecular complexity index is 4600. The number of aliphatic hydroxyl groups excluding tert-OH is 6. The maximum Gasteiger partial charge on any atom is 0.330 e. The smallest absolute Gasteiger partial charge is 0.330 e. The number of carbonyl (C=O) groups is 7. The zero-order valence-corrected chi connectivity index (χ0v) is 57.3. The molecule has 2 saturated heterocycles. The van der Waals surface area contributed by atoms with Gasteiger partial charge in [-0.3, -0.25) is 28.8 Å². The molecule has 6 amide bonds. The average molecular weight is 1510 g/mol. The van der Waals surface area contributed by atoms with E-state index in [1.807, 2.05) is 24.3 Å². The second kappa shape index (κ2) is 30.7. The van der Waals surface area contributed by atoms with Crippen molar-refractivity contribution in [3.63, 3.8) is 0 Å². The first kappa shape index (κ1) is 75.4. The van der Waals surface area contributed by atoms with Crippen LogP contribution in [0.15, 0.2) is 127 Å². The molecule has 31 nitrogen and oxygen atoms in total. The van der Waals surface area contributed by atoms with Crippen molar-refractivity contribution in [3.8, 4) is 68.2 Å². The second-order valence-electron chi connectivity index (χ2n) is 26.3. The highest BCUT2D eigenvalue weighted by molar-refractivity contribution is 6.32. The fourth-order valence-corrected chi connectivity index (χ4v) is 13.7. The number of carbonyl (C=O) groups excluding carboxylic acids is 6. The van der Waals surface area contributed by atoms with Crippen LogP contribution in [-0.4, -0.2) is 172 Å². The first-order valence-corrected chi connectivity index (χ1v) is 33.7. The minimum atomic E-state index is -2.31. The van der Waals surface area contributed by atoms with Gasteiger partial charge in [-0.2, -0.15) is 0 Å². The van der Waals surface area contributed by atoms with Crippen molar-refractivity contribution in [1.29, 1.82) is 0 Å². The third-order valence-corrected chi connectivity index (χ3v) is 19.5. The van der Waals surface area contributed by atoms with E-state index >= 15 is 14.4 Å². The van der Waals surface area contributed by atoms with Gasteiger partial charge in [0, 0.05) is 41.3 Å².